The van der Waals surface area contributed by atoms with Crippen LogP contribution in [0, 0.1) is 0 Å². The minimum Gasteiger partial charge on any atom is -0.369 e. The van der Waals surface area contributed by atoms with Crippen LogP contribution in [-0.2, 0) is 4.74 Å². The first-order valence-corrected chi connectivity index (χ1v) is 10.1. The minimum absolute atomic E-state index is 0.281. The lowest BCUT2D eigenvalue weighted by atomic mass is 9.98. The number of rotatable bonds is 5. The number of ether oxygens (including phenoxy) is 1. The van der Waals surface area contributed by atoms with Gasteiger partial charge in [0.15, 0.2) is 0 Å². The van der Waals surface area contributed by atoms with Crippen molar-refractivity contribution in [1.82, 2.24) is 20.6 Å². The van der Waals surface area contributed by atoms with Crippen LogP contribution in [-0.4, -0.2) is 80.9 Å². The Balaban J connectivity index is 0.000000290. The highest BCUT2D eigenvalue weighted by Crippen LogP contribution is 2.22. The molecular weight excluding hydrogens is 328 g/mol. The van der Waals surface area contributed by atoms with Crippen LogP contribution in [0.3, 0.4) is 0 Å². The van der Waals surface area contributed by atoms with Gasteiger partial charge in [-0.2, -0.15) is 5.06 Å². The predicted octanol–water partition coefficient (Wildman–Crippen LogP) is 1.98. The normalized spacial score (nSPS) is 22.9. The number of methoxy groups -OCH3 is 1. The van der Waals surface area contributed by atoms with Crippen LogP contribution < -0.4 is 10.6 Å². The maximum atomic E-state index is 10.3. The third-order valence-corrected chi connectivity index (χ3v) is 5.32. The number of hydrogen-bond donors (Lipinski definition) is 3. The van der Waals surface area contributed by atoms with E-state index in [1.54, 1.807) is 12.2 Å². The highest BCUT2D eigenvalue weighted by molar-refractivity contribution is 5.32. The molecule has 2 aliphatic heterocycles. The van der Waals surface area contributed by atoms with E-state index in [-0.39, 0.29) is 6.04 Å². The van der Waals surface area contributed by atoms with E-state index < -0.39 is 0 Å². The highest BCUT2D eigenvalue weighted by atomic mass is 16.5. The Kier molecular flexibility index (Phi) is 10.4. The van der Waals surface area contributed by atoms with E-state index in [0.717, 1.165) is 51.9 Å². The summed E-state index contributed by atoms with van der Waals surface area (Å²) in [6.45, 7) is 10.2. The largest absolute Gasteiger partial charge is 0.369 e. The number of nitrogens with one attached hydrogen (secondary N) is 2. The van der Waals surface area contributed by atoms with E-state index in [0.29, 0.717) is 13.3 Å². The van der Waals surface area contributed by atoms with Gasteiger partial charge in [-0.3, -0.25) is 4.90 Å². The van der Waals surface area contributed by atoms with Gasteiger partial charge in [0.2, 0.25) is 0 Å². The SMILES string of the molecule is C1CNCCNC1.COCN1CCC(N(O)CC2=CCCC=C2C)CC1. The molecule has 2 saturated heterocycles. The van der Waals surface area contributed by atoms with Crippen molar-refractivity contribution in [2.45, 2.75) is 45.1 Å². The summed E-state index contributed by atoms with van der Waals surface area (Å²) in [6, 6.07) is 0.281. The molecule has 1 aliphatic carbocycles. The van der Waals surface area contributed by atoms with Crippen molar-refractivity contribution in [3.8, 4) is 0 Å². The Morgan fingerprint density at radius 1 is 1.12 bits per heavy atom. The van der Waals surface area contributed by atoms with Gasteiger partial charge in [-0.05, 0) is 57.7 Å². The van der Waals surface area contributed by atoms with Crippen LogP contribution in [0.4, 0.5) is 0 Å². The van der Waals surface area contributed by atoms with Crippen LogP contribution in [0.15, 0.2) is 23.3 Å². The third kappa shape index (κ3) is 7.86. The number of piperidine rings is 1. The second kappa shape index (κ2) is 12.6. The molecule has 150 valence electrons. The summed E-state index contributed by atoms with van der Waals surface area (Å²) in [5.74, 6) is 0. The maximum Gasteiger partial charge on any atom is 0.0986 e. The Hall–Kier alpha value is -0.760. The highest BCUT2D eigenvalue weighted by Gasteiger charge is 2.24. The smallest absolute Gasteiger partial charge is 0.0986 e. The minimum atomic E-state index is 0.281. The van der Waals surface area contributed by atoms with Crippen molar-refractivity contribution in [3.05, 3.63) is 23.3 Å². The van der Waals surface area contributed by atoms with Gasteiger partial charge < -0.3 is 20.6 Å². The van der Waals surface area contributed by atoms with Gasteiger partial charge in [-0.25, -0.2) is 0 Å². The molecule has 26 heavy (non-hydrogen) atoms. The molecule has 6 nitrogen and oxygen atoms in total. The quantitative estimate of drug-likeness (QED) is 0.647. The van der Waals surface area contributed by atoms with Crippen molar-refractivity contribution in [1.29, 1.82) is 0 Å². The van der Waals surface area contributed by atoms with Gasteiger partial charge in [-0.15, -0.1) is 0 Å². The summed E-state index contributed by atoms with van der Waals surface area (Å²) in [5.41, 5.74) is 2.61. The van der Waals surface area contributed by atoms with Crippen molar-refractivity contribution < 1.29 is 9.94 Å². The molecule has 2 fully saturated rings. The van der Waals surface area contributed by atoms with Gasteiger partial charge in [0.1, 0.15) is 0 Å². The van der Waals surface area contributed by atoms with Crippen molar-refractivity contribution >= 4 is 0 Å². The fraction of sp³-hybridized carbons (Fsp3) is 0.800. The van der Waals surface area contributed by atoms with Gasteiger partial charge >= 0.3 is 0 Å². The Labute approximate surface area is 159 Å². The van der Waals surface area contributed by atoms with Crippen molar-refractivity contribution in [3.63, 3.8) is 0 Å². The summed E-state index contributed by atoms with van der Waals surface area (Å²) in [6.07, 6.45) is 10.1. The Bertz CT molecular complexity index is 425. The fourth-order valence-corrected chi connectivity index (χ4v) is 3.64. The van der Waals surface area contributed by atoms with Gasteiger partial charge in [0.05, 0.1) is 6.73 Å². The number of nitrogens with zero attached hydrogens (tertiary/aromatic N) is 2. The average molecular weight is 367 g/mol. The molecule has 2 heterocycles. The lowest BCUT2D eigenvalue weighted by Crippen LogP contribution is -2.44. The molecule has 6 heteroatoms. The molecule has 0 aromatic heterocycles. The zero-order valence-corrected chi connectivity index (χ0v) is 16.7. The van der Waals surface area contributed by atoms with Crippen LogP contribution in [0.5, 0.6) is 0 Å². The zero-order chi connectivity index (χ0) is 18.6. The first-order valence-electron chi connectivity index (χ1n) is 10.1. The summed E-state index contributed by atoms with van der Waals surface area (Å²) in [4.78, 5) is 2.29. The number of hydrogen-bond acceptors (Lipinski definition) is 6. The molecule has 0 atom stereocenters. The molecular formula is C20H38N4O2. The molecule has 0 spiro atoms. The molecule has 3 N–H and O–H groups in total. The topological polar surface area (TPSA) is 60.0 Å². The lowest BCUT2D eigenvalue weighted by molar-refractivity contribution is -0.134. The van der Waals surface area contributed by atoms with Crippen LogP contribution in [0.25, 0.3) is 0 Å². The molecule has 0 unspecified atom stereocenters. The van der Waals surface area contributed by atoms with E-state index in [9.17, 15) is 5.21 Å². The standard InChI is InChI=1S/C15H26N2O2.C5H12N2/c1-13-5-3-4-6-14(13)11-17(18)15-7-9-16(10-8-15)12-19-2;1-2-6-4-5-7-3-1/h5-6,15,18H,3-4,7-12H2,1-2H3;6-7H,1-5H2. The average Bonchev–Trinajstić information content (AvgIpc) is 2.98. The number of hydroxylamine groups is 2. The second-order valence-corrected chi connectivity index (χ2v) is 7.41. The summed E-state index contributed by atoms with van der Waals surface area (Å²) in [7, 11) is 1.73. The molecule has 0 radical (unpaired) electrons. The van der Waals surface area contributed by atoms with Gasteiger partial charge in [0.25, 0.3) is 0 Å². The summed E-state index contributed by atoms with van der Waals surface area (Å²) >= 11 is 0. The van der Waals surface area contributed by atoms with Crippen molar-refractivity contribution in [2.75, 3.05) is 59.7 Å². The Morgan fingerprint density at radius 2 is 1.77 bits per heavy atom. The molecule has 0 amide bonds. The second-order valence-electron chi connectivity index (χ2n) is 7.41. The van der Waals surface area contributed by atoms with E-state index in [1.807, 2.05) is 0 Å². The molecule has 3 rings (SSSR count). The van der Waals surface area contributed by atoms with Crippen LogP contribution in [0.2, 0.25) is 0 Å². The van der Waals surface area contributed by atoms with Crippen molar-refractivity contribution in [2.24, 2.45) is 0 Å². The van der Waals surface area contributed by atoms with Crippen LogP contribution in [0.1, 0.15) is 39.0 Å². The van der Waals surface area contributed by atoms with E-state index >= 15 is 0 Å². The first-order chi connectivity index (χ1) is 12.7. The van der Waals surface area contributed by atoms with E-state index in [2.05, 4.69) is 34.6 Å². The molecule has 3 aliphatic rings. The zero-order valence-electron chi connectivity index (χ0n) is 16.7. The number of allylic oxidation sites excluding steroid dienone is 2. The van der Waals surface area contributed by atoms with E-state index in [4.69, 9.17) is 4.74 Å². The number of likely N-dealkylation sites (tertiary alicyclic amines) is 1. The predicted molar refractivity (Wildman–Crippen MR) is 106 cm³/mol. The monoisotopic (exact) mass is 366 g/mol. The van der Waals surface area contributed by atoms with Crippen LogP contribution >= 0.6 is 0 Å². The molecule has 0 bridgehead atoms. The summed E-state index contributed by atoms with van der Waals surface area (Å²) in [5, 5.41) is 18.4. The molecule has 0 aromatic carbocycles. The third-order valence-electron chi connectivity index (χ3n) is 5.32. The Morgan fingerprint density at radius 3 is 2.38 bits per heavy atom. The lowest BCUT2D eigenvalue weighted by Gasteiger charge is -2.35. The van der Waals surface area contributed by atoms with Gasteiger partial charge in [-0.1, -0.05) is 17.7 Å². The van der Waals surface area contributed by atoms with Gasteiger partial charge in [0, 0.05) is 45.9 Å². The fourth-order valence-electron chi connectivity index (χ4n) is 3.64. The molecule has 0 aromatic rings. The molecule has 0 saturated carbocycles. The summed E-state index contributed by atoms with van der Waals surface area (Å²) < 4.78 is 5.15. The maximum absolute atomic E-state index is 10.3. The first kappa shape index (κ1) is 21.5. The van der Waals surface area contributed by atoms with E-state index in [1.165, 1.54) is 30.7 Å².